The molecule has 1 aromatic rings. The van der Waals surface area contributed by atoms with Gasteiger partial charge in [0.15, 0.2) is 0 Å². The van der Waals surface area contributed by atoms with Gasteiger partial charge in [0.25, 0.3) is 0 Å². The normalized spacial score (nSPS) is 15.6. The molecule has 0 saturated carbocycles. The molecule has 4 atom stereocenters. The molecule has 0 radical (unpaired) electrons. The molecular formula is C26H47NO3. The molecule has 0 aliphatic heterocycles. The highest BCUT2D eigenvalue weighted by atomic mass is 16.3. The number of hydrogen-bond donors (Lipinski definition) is 4. The number of aliphatic hydroxyl groups is 3. The van der Waals surface area contributed by atoms with Gasteiger partial charge in [-0.1, -0.05) is 114 Å². The Bertz CT molecular complexity index is 496. The van der Waals surface area contributed by atoms with Crippen LogP contribution in [0, 0.1) is 0 Å². The molecule has 0 aliphatic carbocycles. The molecule has 174 valence electrons. The molecule has 0 bridgehead atoms. The number of hydrogen-bond acceptors (Lipinski definition) is 4. The van der Waals surface area contributed by atoms with Gasteiger partial charge in [0.1, 0.15) is 0 Å². The molecule has 0 unspecified atom stereocenters. The maximum absolute atomic E-state index is 10.5. The van der Waals surface area contributed by atoms with Crippen molar-refractivity contribution in [3.63, 3.8) is 0 Å². The van der Waals surface area contributed by atoms with Crippen LogP contribution in [0.15, 0.2) is 30.3 Å². The summed E-state index contributed by atoms with van der Waals surface area (Å²) in [6.07, 6.45) is 14.2. The summed E-state index contributed by atoms with van der Waals surface area (Å²) >= 11 is 0. The largest absolute Gasteiger partial charge is 0.395 e. The van der Waals surface area contributed by atoms with E-state index in [0.29, 0.717) is 6.42 Å². The Kier molecular flexibility index (Phi) is 16.0. The van der Waals surface area contributed by atoms with Crippen LogP contribution >= 0.6 is 0 Å². The van der Waals surface area contributed by atoms with Gasteiger partial charge < -0.3 is 20.6 Å². The van der Waals surface area contributed by atoms with Crippen LogP contribution in [0.3, 0.4) is 0 Å². The van der Waals surface area contributed by atoms with Crippen LogP contribution in [0.4, 0.5) is 0 Å². The van der Waals surface area contributed by atoms with Crippen molar-refractivity contribution < 1.29 is 15.3 Å². The van der Waals surface area contributed by atoms with E-state index in [1.807, 2.05) is 37.3 Å². The summed E-state index contributed by atoms with van der Waals surface area (Å²) in [5.41, 5.74) is 1.10. The van der Waals surface area contributed by atoms with Crippen LogP contribution in [0.2, 0.25) is 0 Å². The fraction of sp³-hybridized carbons (Fsp3) is 0.769. The number of unbranched alkanes of at least 4 members (excludes halogenated alkanes) is 11. The van der Waals surface area contributed by atoms with Crippen LogP contribution in [0.5, 0.6) is 0 Å². The predicted octanol–water partition coefficient (Wildman–Crippen LogP) is 5.51. The van der Waals surface area contributed by atoms with Crippen molar-refractivity contribution in [2.45, 2.75) is 122 Å². The van der Waals surface area contributed by atoms with Crippen molar-refractivity contribution in [1.82, 2.24) is 5.32 Å². The zero-order chi connectivity index (χ0) is 22.0. The fourth-order valence-corrected chi connectivity index (χ4v) is 4.05. The maximum atomic E-state index is 10.5. The highest BCUT2D eigenvalue weighted by Gasteiger charge is 2.26. The summed E-state index contributed by atoms with van der Waals surface area (Å²) < 4.78 is 0. The zero-order valence-electron chi connectivity index (χ0n) is 19.4. The first-order valence-corrected chi connectivity index (χ1v) is 12.4. The lowest BCUT2D eigenvalue weighted by Gasteiger charge is -2.29. The van der Waals surface area contributed by atoms with Crippen LogP contribution in [0.25, 0.3) is 0 Å². The second kappa shape index (κ2) is 17.7. The molecular weight excluding hydrogens is 374 g/mol. The standard InChI is InChI=1S/C26H47NO3/c1-3-4-5-6-7-8-9-10-11-12-13-17-20-25(29)26(30)24(21-28)27-22(2)23-18-15-14-16-19-23/h14-16,18-19,22,24-30H,3-13,17,20-21H2,1-2H3/t22-,24+,25-,26+/m1/s1. The highest BCUT2D eigenvalue weighted by molar-refractivity contribution is 5.18. The summed E-state index contributed by atoms with van der Waals surface area (Å²) in [7, 11) is 0. The summed E-state index contributed by atoms with van der Waals surface area (Å²) in [5, 5.41) is 33.8. The van der Waals surface area contributed by atoms with Crippen molar-refractivity contribution in [1.29, 1.82) is 0 Å². The summed E-state index contributed by atoms with van der Waals surface area (Å²) in [4.78, 5) is 0. The highest BCUT2D eigenvalue weighted by Crippen LogP contribution is 2.17. The summed E-state index contributed by atoms with van der Waals surface area (Å²) in [5.74, 6) is 0. The van der Waals surface area contributed by atoms with Gasteiger partial charge in [-0.15, -0.1) is 0 Å². The molecule has 4 nitrogen and oxygen atoms in total. The third kappa shape index (κ3) is 12.0. The zero-order valence-corrected chi connectivity index (χ0v) is 19.4. The van der Waals surface area contributed by atoms with Gasteiger partial charge >= 0.3 is 0 Å². The van der Waals surface area contributed by atoms with Gasteiger partial charge in [0.05, 0.1) is 24.9 Å². The van der Waals surface area contributed by atoms with Crippen molar-refractivity contribution >= 4 is 0 Å². The SMILES string of the molecule is CCCCCCCCCCCCCC[C@@H](O)[C@@H](O)[C@H](CO)N[C@H](C)c1ccccc1. The smallest absolute Gasteiger partial charge is 0.0974 e. The quantitative estimate of drug-likeness (QED) is 0.222. The van der Waals surface area contributed by atoms with Gasteiger partial charge in [-0.2, -0.15) is 0 Å². The molecule has 0 amide bonds. The van der Waals surface area contributed by atoms with E-state index in [4.69, 9.17) is 0 Å². The number of benzene rings is 1. The number of nitrogens with one attached hydrogen (secondary N) is 1. The second-order valence-electron chi connectivity index (χ2n) is 8.82. The second-order valence-corrected chi connectivity index (χ2v) is 8.82. The van der Waals surface area contributed by atoms with Crippen molar-refractivity contribution in [2.75, 3.05) is 6.61 Å². The first-order valence-electron chi connectivity index (χ1n) is 12.4. The Morgan fingerprint density at radius 3 is 1.77 bits per heavy atom. The average Bonchev–Trinajstić information content (AvgIpc) is 2.78. The minimum Gasteiger partial charge on any atom is -0.395 e. The van der Waals surface area contributed by atoms with E-state index in [1.54, 1.807) is 0 Å². The molecule has 0 fully saturated rings. The third-order valence-electron chi connectivity index (χ3n) is 6.12. The Morgan fingerprint density at radius 1 is 0.767 bits per heavy atom. The van der Waals surface area contributed by atoms with Crippen molar-refractivity contribution in [3.05, 3.63) is 35.9 Å². The van der Waals surface area contributed by atoms with E-state index < -0.39 is 18.2 Å². The molecule has 0 spiro atoms. The predicted molar refractivity (Wildman–Crippen MR) is 127 cm³/mol. The third-order valence-corrected chi connectivity index (χ3v) is 6.12. The summed E-state index contributed by atoms with van der Waals surface area (Å²) in [6, 6.07) is 9.40. The van der Waals surface area contributed by atoms with Gasteiger partial charge in [-0.05, 0) is 18.9 Å². The number of aliphatic hydroxyl groups excluding tert-OH is 3. The molecule has 1 rings (SSSR count). The van der Waals surface area contributed by atoms with Crippen LogP contribution in [-0.2, 0) is 0 Å². The Labute approximate surface area is 185 Å². The van der Waals surface area contributed by atoms with E-state index >= 15 is 0 Å². The molecule has 30 heavy (non-hydrogen) atoms. The lowest BCUT2D eigenvalue weighted by molar-refractivity contribution is -0.0233. The number of rotatable bonds is 19. The van der Waals surface area contributed by atoms with Gasteiger partial charge in [0.2, 0.25) is 0 Å². The van der Waals surface area contributed by atoms with E-state index in [1.165, 1.54) is 64.2 Å². The Balaban J connectivity index is 2.11. The molecule has 0 aliphatic rings. The molecule has 0 aromatic heterocycles. The monoisotopic (exact) mass is 421 g/mol. The van der Waals surface area contributed by atoms with Gasteiger partial charge in [-0.3, -0.25) is 0 Å². The molecule has 4 N–H and O–H groups in total. The van der Waals surface area contributed by atoms with Crippen LogP contribution in [-0.4, -0.2) is 40.2 Å². The molecule has 1 aromatic carbocycles. The molecule has 4 heteroatoms. The van der Waals surface area contributed by atoms with Gasteiger partial charge in [0, 0.05) is 6.04 Å². The Morgan fingerprint density at radius 2 is 1.27 bits per heavy atom. The average molecular weight is 422 g/mol. The van der Waals surface area contributed by atoms with E-state index in [2.05, 4.69) is 12.2 Å². The van der Waals surface area contributed by atoms with Gasteiger partial charge in [-0.25, -0.2) is 0 Å². The van der Waals surface area contributed by atoms with E-state index in [-0.39, 0.29) is 12.6 Å². The lowest BCUT2D eigenvalue weighted by atomic mass is 9.98. The molecule has 0 heterocycles. The van der Waals surface area contributed by atoms with E-state index in [9.17, 15) is 15.3 Å². The van der Waals surface area contributed by atoms with Crippen molar-refractivity contribution in [3.8, 4) is 0 Å². The van der Waals surface area contributed by atoms with Crippen LogP contribution < -0.4 is 5.32 Å². The minimum absolute atomic E-state index is 0.00292. The van der Waals surface area contributed by atoms with E-state index in [0.717, 1.165) is 18.4 Å². The minimum atomic E-state index is -0.964. The molecule has 0 saturated heterocycles. The summed E-state index contributed by atoms with van der Waals surface area (Å²) in [6.45, 7) is 4.06. The topological polar surface area (TPSA) is 72.7 Å². The van der Waals surface area contributed by atoms with Crippen LogP contribution in [0.1, 0.15) is 109 Å². The first-order chi connectivity index (χ1) is 14.6. The maximum Gasteiger partial charge on any atom is 0.0974 e. The fourth-order valence-electron chi connectivity index (χ4n) is 4.05. The lowest BCUT2D eigenvalue weighted by Crippen LogP contribution is -2.49. The Hall–Kier alpha value is -0.940. The first kappa shape index (κ1) is 27.1. The van der Waals surface area contributed by atoms with Crippen molar-refractivity contribution in [2.24, 2.45) is 0 Å².